The van der Waals surface area contributed by atoms with Crippen LogP contribution in [0.3, 0.4) is 0 Å². The molecule has 0 bridgehead atoms. The van der Waals surface area contributed by atoms with Crippen molar-refractivity contribution in [1.29, 1.82) is 0 Å². The summed E-state index contributed by atoms with van der Waals surface area (Å²) in [5, 5.41) is 3.02. The number of benzene rings is 1. The summed E-state index contributed by atoms with van der Waals surface area (Å²) in [6.07, 6.45) is 1.35. The Kier molecular flexibility index (Phi) is 4.24. The van der Waals surface area contributed by atoms with Gasteiger partial charge in [0.15, 0.2) is 0 Å². The first-order valence-corrected chi connectivity index (χ1v) is 7.79. The van der Waals surface area contributed by atoms with Crippen LogP contribution in [0, 0.1) is 6.92 Å². The molecule has 0 fully saturated rings. The summed E-state index contributed by atoms with van der Waals surface area (Å²) in [5.74, 6) is 0.655. The number of aryl methyl sites for hydroxylation is 1. The van der Waals surface area contributed by atoms with Gasteiger partial charge < -0.3 is 5.32 Å². The van der Waals surface area contributed by atoms with E-state index in [1.165, 1.54) is 12.3 Å². The minimum Gasteiger partial charge on any atom is -0.370 e. The lowest BCUT2D eigenvalue weighted by Gasteiger charge is -2.10. The molecule has 0 unspecified atom stereocenters. The van der Waals surface area contributed by atoms with Crippen molar-refractivity contribution in [1.82, 2.24) is 4.98 Å². The molecule has 6 heteroatoms. The van der Waals surface area contributed by atoms with E-state index in [0.29, 0.717) is 11.5 Å². The molecule has 1 heterocycles. The quantitative estimate of drug-likeness (QED) is 0.888. The standard InChI is InChI=1S/C14H17N3O2S/c1-3-15-14-9-8-12(10-16-14)20(18,19)17-13-7-5-4-6-11(13)2/h4-10,17H,3H2,1-2H3,(H,15,16). The Labute approximate surface area is 119 Å². The summed E-state index contributed by atoms with van der Waals surface area (Å²) >= 11 is 0. The minimum atomic E-state index is -3.61. The number of hydrogen-bond acceptors (Lipinski definition) is 4. The molecule has 106 valence electrons. The third kappa shape index (κ3) is 3.27. The van der Waals surface area contributed by atoms with Gasteiger partial charge in [-0.1, -0.05) is 18.2 Å². The molecule has 2 aromatic rings. The number of para-hydroxylation sites is 1. The number of rotatable bonds is 5. The summed E-state index contributed by atoms with van der Waals surface area (Å²) in [6.45, 7) is 4.54. The summed E-state index contributed by atoms with van der Waals surface area (Å²) in [5.41, 5.74) is 1.44. The number of aromatic nitrogens is 1. The highest BCUT2D eigenvalue weighted by molar-refractivity contribution is 7.92. The SMILES string of the molecule is CCNc1ccc(S(=O)(=O)Nc2ccccc2C)cn1. The van der Waals surface area contributed by atoms with Gasteiger partial charge in [-0.3, -0.25) is 4.72 Å². The van der Waals surface area contributed by atoms with E-state index < -0.39 is 10.0 Å². The van der Waals surface area contributed by atoms with Crippen LogP contribution in [0.5, 0.6) is 0 Å². The van der Waals surface area contributed by atoms with Gasteiger partial charge in [-0.25, -0.2) is 13.4 Å². The number of nitrogens with zero attached hydrogens (tertiary/aromatic N) is 1. The molecule has 5 nitrogen and oxygen atoms in total. The van der Waals surface area contributed by atoms with Crippen molar-refractivity contribution in [2.75, 3.05) is 16.6 Å². The smallest absolute Gasteiger partial charge is 0.263 e. The Hall–Kier alpha value is -2.08. The molecule has 0 aliphatic rings. The van der Waals surface area contributed by atoms with Crippen molar-refractivity contribution in [3.05, 3.63) is 48.2 Å². The molecule has 0 aliphatic carbocycles. The fourth-order valence-electron chi connectivity index (χ4n) is 1.72. The maximum Gasteiger partial charge on any atom is 0.263 e. The van der Waals surface area contributed by atoms with Gasteiger partial charge in [0.05, 0.1) is 5.69 Å². The van der Waals surface area contributed by atoms with E-state index >= 15 is 0 Å². The Morgan fingerprint density at radius 2 is 1.90 bits per heavy atom. The third-order valence-electron chi connectivity index (χ3n) is 2.79. The van der Waals surface area contributed by atoms with Crippen molar-refractivity contribution in [2.45, 2.75) is 18.7 Å². The summed E-state index contributed by atoms with van der Waals surface area (Å²) in [4.78, 5) is 4.21. The molecule has 1 aromatic carbocycles. The molecular weight excluding hydrogens is 274 g/mol. The van der Waals surface area contributed by atoms with Crippen LogP contribution in [0.15, 0.2) is 47.5 Å². The van der Waals surface area contributed by atoms with Crippen LogP contribution in [-0.4, -0.2) is 19.9 Å². The van der Waals surface area contributed by atoms with Crippen molar-refractivity contribution in [2.24, 2.45) is 0 Å². The molecule has 0 atom stereocenters. The van der Waals surface area contributed by atoms with Crippen molar-refractivity contribution < 1.29 is 8.42 Å². The lowest BCUT2D eigenvalue weighted by atomic mass is 10.2. The van der Waals surface area contributed by atoms with Crippen molar-refractivity contribution in [3.8, 4) is 0 Å². The number of pyridine rings is 1. The van der Waals surface area contributed by atoms with Gasteiger partial charge in [0.2, 0.25) is 0 Å². The van der Waals surface area contributed by atoms with E-state index in [4.69, 9.17) is 0 Å². The highest BCUT2D eigenvalue weighted by Crippen LogP contribution is 2.19. The van der Waals surface area contributed by atoms with Gasteiger partial charge in [0.25, 0.3) is 10.0 Å². The molecule has 0 radical (unpaired) electrons. The van der Waals surface area contributed by atoms with Gasteiger partial charge in [-0.15, -0.1) is 0 Å². The zero-order valence-corrected chi connectivity index (χ0v) is 12.2. The predicted molar refractivity (Wildman–Crippen MR) is 80.4 cm³/mol. The first-order valence-electron chi connectivity index (χ1n) is 6.31. The van der Waals surface area contributed by atoms with E-state index in [-0.39, 0.29) is 4.90 Å². The lowest BCUT2D eigenvalue weighted by Crippen LogP contribution is -2.14. The van der Waals surface area contributed by atoms with E-state index in [1.54, 1.807) is 18.2 Å². The van der Waals surface area contributed by atoms with E-state index in [9.17, 15) is 8.42 Å². The highest BCUT2D eigenvalue weighted by Gasteiger charge is 2.15. The Morgan fingerprint density at radius 1 is 1.15 bits per heavy atom. The fourth-order valence-corrected chi connectivity index (χ4v) is 2.79. The Morgan fingerprint density at radius 3 is 2.50 bits per heavy atom. The number of nitrogens with one attached hydrogen (secondary N) is 2. The van der Waals surface area contributed by atoms with Gasteiger partial charge in [-0.05, 0) is 37.6 Å². The van der Waals surface area contributed by atoms with Crippen molar-refractivity contribution in [3.63, 3.8) is 0 Å². The molecule has 2 rings (SSSR count). The van der Waals surface area contributed by atoms with Crippen LogP contribution in [0.4, 0.5) is 11.5 Å². The van der Waals surface area contributed by atoms with E-state index in [1.807, 2.05) is 26.0 Å². The van der Waals surface area contributed by atoms with Gasteiger partial charge in [-0.2, -0.15) is 0 Å². The predicted octanol–water partition coefficient (Wildman–Crippen LogP) is 2.62. The summed E-state index contributed by atoms with van der Waals surface area (Å²) in [6, 6.07) is 10.4. The van der Waals surface area contributed by atoms with Crippen LogP contribution < -0.4 is 10.0 Å². The second kappa shape index (κ2) is 5.92. The second-order valence-corrected chi connectivity index (χ2v) is 6.01. The van der Waals surface area contributed by atoms with E-state index in [2.05, 4.69) is 15.0 Å². The fraction of sp³-hybridized carbons (Fsp3) is 0.214. The summed E-state index contributed by atoms with van der Waals surface area (Å²) < 4.78 is 27.1. The maximum absolute atomic E-state index is 12.3. The minimum absolute atomic E-state index is 0.141. The average Bonchev–Trinajstić information content (AvgIpc) is 2.42. The number of hydrogen-bond donors (Lipinski definition) is 2. The molecule has 20 heavy (non-hydrogen) atoms. The topological polar surface area (TPSA) is 71.1 Å². The summed E-state index contributed by atoms with van der Waals surface area (Å²) in [7, 11) is -3.61. The second-order valence-electron chi connectivity index (χ2n) is 4.33. The van der Waals surface area contributed by atoms with Crippen LogP contribution in [0.1, 0.15) is 12.5 Å². The molecule has 0 amide bonds. The molecule has 0 saturated carbocycles. The average molecular weight is 291 g/mol. The lowest BCUT2D eigenvalue weighted by molar-refractivity contribution is 0.601. The van der Waals surface area contributed by atoms with Gasteiger partial charge in [0, 0.05) is 12.7 Å². The van der Waals surface area contributed by atoms with Gasteiger partial charge in [0.1, 0.15) is 10.7 Å². The molecule has 1 aromatic heterocycles. The first-order chi connectivity index (χ1) is 9.53. The first kappa shape index (κ1) is 14.3. The van der Waals surface area contributed by atoms with Crippen molar-refractivity contribution >= 4 is 21.5 Å². The molecule has 0 aliphatic heterocycles. The zero-order valence-electron chi connectivity index (χ0n) is 11.4. The third-order valence-corrected chi connectivity index (χ3v) is 4.14. The van der Waals surface area contributed by atoms with Crippen LogP contribution in [0.2, 0.25) is 0 Å². The highest BCUT2D eigenvalue weighted by atomic mass is 32.2. The number of sulfonamides is 1. The maximum atomic E-state index is 12.3. The molecular formula is C14H17N3O2S. The van der Waals surface area contributed by atoms with E-state index in [0.717, 1.165) is 12.1 Å². The van der Waals surface area contributed by atoms with Crippen LogP contribution >= 0.6 is 0 Å². The largest absolute Gasteiger partial charge is 0.370 e. The zero-order chi connectivity index (χ0) is 14.6. The number of anilines is 2. The van der Waals surface area contributed by atoms with Crippen LogP contribution in [-0.2, 0) is 10.0 Å². The monoisotopic (exact) mass is 291 g/mol. The normalized spacial score (nSPS) is 11.1. The Bertz CT molecular complexity index is 682. The molecule has 0 saturated heterocycles. The van der Waals surface area contributed by atoms with Crippen LogP contribution in [0.25, 0.3) is 0 Å². The Balaban J connectivity index is 2.24. The molecule has 0 spiro atoms. The molecule has 2 N–H and O–H groups in total. The van der Waals surface area contributed by atoms with Gasteiger partial charge >= 0.3 is 0 Å².